The number of carboxylic acid groups (broad SMARTS) is 1. The van der Waals surface area contributed by atoms with Crippen molar-refractivity contribution >= 4 is 40.6 Å². The molecule has 0 radical (unpaired) electrons. The molecule has 1 fully saturated rings. The Morgan fingerprint density at radius 3 is 2.70 bits per heavy atom. The van der Waals surface area contributed by atoms with Crippen LogP contribution in [0.2, 0.25) is 0 Å². The molecule has 0 saturated carbocycles. The highest BCUT2D eigenvalue weighted by atomic mass is 32.2. The van der Waals surface area contributed by atoms with Crippen molar-refractivity contribution in [1.29, 1.82) is 0 Å². The highest BCUT2D eigenvalue weighted by Crippen LogP contribution is 2.30. The Morgan fingerprint density at radius 2 is 1.97 bits per heavy atom. The fourth-order valence-corrected chi connectivity index (χ4v) is 3.75. The lowest BCUT2D eigenvalue weighted by molar-refractivity contribution is -0.115. The number of amides is 1. The summed E-state index contributed by atoms with van der Waals surface area (Å²) < 4.78 is 5.79. The highest BCUT2D eigenvalue weighted by Gasteiger charge is 2.24. The van der Waals surface area contributed by atoms with Gasteiger partial charge in [0.05, 0.1) is 16.2 Å². The van der Waals surface area contributed by atoms with Crippen LogP contribution in [0, 0.1) is 0 Å². The molecule has 2 N–H and O–H groups in total. The van der Waals surface area contributed by atoms with Gasteiger partial charge < -0.3 is 14.8 Å². The molecule has 0 aliphatic carbocycles. The quantitative estimate of drug-likeness (QED) is 0.563. The van der Waals surface area contributed by atoms with Crippen LogP contribution in [0.3, 0.4) is 0 Å². The molecule has 0 bridgehead atoms. The normalized spacial score (nSPS) is 16.2. The maximum Gasteiger partial charge on any atom is 0.335 e. The zero-order valence-corrected chi connectivity index (χ0v) is 16.9. The number of rotatable bonds is 5. The number of hydrogen-bond acceptors (Lipinski definition) is 5. The third kappa shape index (κ3) is 4.36. The summed E-state index contributed by atoms with van der Waals surface area (Å²) in [5.74, 6) is -0.217. The molecule has 2 aromatic carbocycles. The molecule has 6 nitrogen and oxygen atoms in total. The summed E-state index contributed by atoms with van der Waals surface area (Å²) in [7, 11) is 0. The third-order valence-electron chi connectivity index (χ3n) is 4.52. The summed E-state index contributed by atoms with van der Waals surface area (Å²) >= 11 is 1.24. The first kappa shape index (κ1) is 19.7. The van der Waals surface area contributed by atoms with Crippen molar-refractivity contribution in [3.05, 3.63) is 82.5 Å². The number of furan rings is 1. The summed E-state index contributed by atoms with van der Waals surface area (Å²) in [6, 6.07) is 17.9. The van der Waals surface area contributed by atoms with E-state index in [1.807, 2.05) is 24.3 Å². The fraction of sp³-hybridized carbons (Fsp3) is 0.0870. The van der Waals surface area contributed by atoms with Gasteiger partial charge in [-0.2, -0.15) is 0 Å². The number of amidine groups is 1. The van der Waals surface area contributed by atoms with Gasteiger partial charge in [0.15, 0.2) is 5.17 Å². The fourth-order valence-electron chi connectivity index (χ4n) is 2.92. The van der Waals surface area contributed by atoms with Gasteiger partial charge in [0.25, 0.3) is 5.91 Å². The Kier molecular flexibility index (Phi) is 5.54. The molecule has 1 aromatic heterocycles. The van der Waals surface area contributed by atoms with E-state index in [4.69, 9.17) is 9.52 Å². The van der Waals surface area contributed by atoms with Crippen LogP contribution < -0.4 is 5.32 Å². The van der Waals surface area contributed by atoms with Crippen molar-refractivity contribution in [3.63, 3.8) is 0 Å². The summed E-state index contributed by atoms with van der Waals surface area (Å²) in [6.07, 6.45) is 2.61. The maximum atomic E-state index is 12.3. The Morgan fingerprint density at radius 1 is 1.17 bits per heavy atom. The van der Waals surface area contributed by atoms with E-state index in [9.17, 15) is 9.59 Å². The van der Waals surface area contributed by atoms with Gasteiger partial charge >= 0.3 is 5.97 Å². The first-order valence-corrected chi connectivity index (χ1v) is 10.2. The number of aryl methyl sites for hydroxylation is 1. The summed E-state index contributed by atoms with van der Waals surface area (Å²) in [5, 5.41) is 12.4. The molecule has 4 rings (SSSR count). The monoisotopic (exact) mass is 418 g/mol. The maximum absolute atomic E-state index is 12.3. The van der Waals surface area contributed by atoms with Crippen molar-refractivity contribution in [2.45, 2.75) is 13.3 Å². The first-order valence-electron chi connectivity index (χ1n) is 9.34. The predicted octanol–water partition coefficient (Wildman–Crippen LogP) is 5.10. The number of aromatic carboxylic acids is 1. The lowest BCUT2D eigenvalue weighted by Crippen LogP contribution is -2.19. The molecule has 150 valence electrons. The number of carbonyl (C=O) groups excluding carboxylic acids is 1. The highest BCUT2D eigenvalue weighted by molar-refractivity contribution is 8.18. The van der Waals surface area contributed by atoms with Crippen LogP contribution in [0.5, 0.6) is 0 Å². The molecular weight excluding hydrogens is 400 g/mol. The van der Waals surface area contributed by atoms with Gasteiger partial charge in [-0.3, -0.25) is 4.79 Å². The Labute approximate surface area is 177 Å². The van der Waals surface area contributed by atoms with E-state index in [0.717, 1.165) is 12.1 Å². The number of aliphatic imine (C=N–C) groups is 1. The zero-order valence-electron chi connectivity index (χ0n) is 16.1. The third-order valence-corrected chi connectivity index (χ3v) is 5.43. The van der Waals surface area contributed by atoms with E-state index in [-0.39, 0.29) is 11.5 Å². The van der Waals surface area contributed by atoms with Crippen molar-refractivity contribution in [2.24, 2.45) is 4.99 Å². The number of hydrogen-bond donors (Lipinski definition) is 2. The minimum Gasteiger partial charge on any atom is -0.478 e. The number of thioether (sulfide) groups is 1. The second-order valence-electron chi connectivity index (χ2n) is 6.59. The van der Waals surface area contributed by atoms with Crippen LogP contribution in [0.15, 0.2) is 75.0 Å². The standard InChI is InChI=1S/C23H18N2O4S/c1-2-14-6-8-17(9-7-14)24-23-25-21(26)20(30-23)13-18-10-11-19(29-18)15-4-3-5-16(12-15)22(27)28/h3-13H,2H2,1H3,(H,27,28)(H,24,25,26)/b20-13+. The number of carboxylic acids is 1. The van der Waals surface area contributed by atoms with Crippen LogP contribution in [-0.4, -0.2) is 22.2 Å². The number of nitrogens with zero attached hydrogens (tertiary/aromatic N) is 1. The van der Waals surface area contributed by atoms with Crippen molar-refractivity contribution < 1.29 is 19.1 Å². The van der Waals surface area contributed by atoms with Gasteiger partial charge in [-0.05, 0) is 60.1 Å². The smallest absolute Gasteiger partial charge is 0.335 e. The van der Waals surface area contributed by atoms with Gasteiger partial charge in [-0.25, -0.2) is 9.79 Å². The van der Waals surface area contributed by atoms with E-state index in [0.29, 0.717) is 27.2 Å². The number of nitrogens with one attached hydrogen (secondary N) is 1. The van der Waals surface area contributed by atoms with E-state index in [1.54, 1.807) is 36.4 Å². The van der Waals surface area contributed by atoms with Gasteiger partial charge in [0.1, 0.15) is 11.5 Å². The largest absolute Gasteiger partial charge is 0.478 e. The van der Waals surface area contributed by atoms with Crippen LogP contribution >= 0.6 is 11.8 Å². The van der Waals surface area contributed by atoms with E-state index in [2.05, 4.69) is 17.2 Å². The molecule has 1 aliphatic rings. The second-order valence-corrected chi connectivity index (χ2v) is 7.62. The van der Waals surface area contributed by atoms with Crippen molar-refractivity contribution in [1.82, 2.24) is 5.32 Å². The van der Waals surface area contributed by atoms with Crippen LogP contribution in [0.4, 0.5) is 5.69 Å². The molecule has 0 spiro atoms. The SMILES string of the molecule is CCc1ccc(N=C2NC(=O)/C(=C\c3ccc(-c4cccc(C(=O)O)c4)o3)S2)cc1. The van der Waals surface area contributed by atoms with Gasteiger partial charge in [0.2, 0.25) is 0 Å². The second kappa shape index (κ2) is 8.42. The molecular formula is C23H18N2O4S. The number of carbonyl (C=O) groups is 2. The Hall–Kier alpha value is -3.58. The molecule has 1 saturated heterocycles. The van der Waals surface area contributed by atoms with Gasteiger partial charge in [-0.1, -0.05) is 31.2 Å². The molecule has 0 unspecified atom stereocenters. The van der Waals surface area contributed by atoms with Crippen LogP contribution in [-0.2, 0) is 11.2 Å². The van der Waals surface area contributed by atoms with E-state index in [1.165, 1.54) is 23.4 Å². The molecule has 2 heterocycles. The number of benzene rings is 2. The average molecular weight is 418 g/mol. The molecule has 1 amide bonds. The molecule has 1 aliphatic heterocycles. The summed E-state index contributed by atoms with van der Waals surface area (Å²) in [5.41, 5.74) is 2.84. The van der Waals surface area contributed by atoms with Crippen LogP contribution in [0.25, 0.3) is 17.4 Å². The van der Waals surface area contributed by atoms with E-state index < -0.39 is 5.97 Å². The molecule has 7 heteroatoms. The zero-order chi connectivity index (χ0) is 21.1. The average Bonchev–Trinajstić information content (AvgIpc) is 3.35. The summed E-state index contributed by atoms with van der Waals surface area (Å²) in [4.78, 5) is 28.4. The lowest BCUT2D eigenvalue weighted by Gasteiger charge is -1.99. The Balaban J connectivity index is 1.52. The minimum atomic E-state index is -0.999. The molecule has 0 atom stereocenters. The van der Waals surface area contributed by atoms with Gasteiger partial charge in [-0.15, -0.1) is 0 Å². The van der Waals surface area contributed by atoms with Gasteiger partial charge in [0, 0.05) is 11.6 Å². The summed E-state index contributed by atoms with van der Waals surface area (Å²) in [6.45, 7) is 2.09. The van der Waals surface area contributed by atoms with Crippen molar-refractivity contribution in [2.75, 3.05) is 0 Å². The Bertz CT molecular complexity index is 1180. The minimum absolute atomic E-state index is 0.183. The topological polar surface area (TPSA) is 91.9 Å². The molecule has 30 heavy (non-hydrogen) atoms. The predicted molar refractivity (Wildman–Crippen MR) is 118 cm³/mol. The lowest BCUT2D eigenvalue weighted by atomic mass is 10.1. The molecule has 3 aromatic rings. The van der Waals surface area contributed by atoms with E-state index >= 15 is 0 Å². The van der Waals surface area contributed by atoms with Crippen molar-refractivity contribution in [3.8, 4) is 11.3 Å². The first-order chi connectivity index (χ1) is 14.5. The van der Waals surface area contributed by atoms with Crippen LogP contribution in [0.1, 0.15) is 28.6 Å².